The van der Waals surface area contributed by atoms with Gasteiger partial charge in [0.2, 0.25) is 6.49 Å². The molecule has 1 unspecified atom stereocenters. The average Bonchev–Trinajstić information content (AvgIpc) is 2.21. The van der Waals surface area contributed by atoms with Crippen molar-refractivity contribution in [3.05, 3.63) is 27.9 Å². The number of aromatic nitrogens is 2. The van der Waals surface area contributed by atoms with E-state index in [2.05, 4.69) is 4.98 Å². The van der Waals surface area contributed by atoms with Crippen LogP contribution in [0, 0.1) is 0 Å². The molecule has 5 nitrogen and oxygen atoms in total. The average molecular weight is 257 g/mol. The Bertz CT molecular complexity index is 564. The zero-order chi connectivity index (χ0) is 11.9. The molecule has 0 aliphatic carbocycles. The summed E-state index contributed by atoms with van der Waals surface area (Å²) in [4.78, 5) is 15.6. The Kier molecular flexibility index (Phi) is 2.82. The minimum Gasteiger partial charge on any atom is -0.289 e. The van der Waals surface area contributed by atoms with Crippen molar-refractivity contribution in [3.63, 3.8) is 0 Å². The summed E-state index contributed by atoms with van der Waals surface area (Å²) >= 11 is 1.15. The first kappa shape index (κ1) is 11.6. The Hall–Kier alpha value is -0.840. The summed E-state index contributed by atoms with van der Waals surface area (Å²) < 4.78 is 15.7. The second-order valence-corrected chi connectivity index (χ2v) is 8.79. The summed E-state index contributed by atoms with van der Waals surface area (Å²) in [5, 5.41) is 1.18. The monoisotopic (exact) mass is 257 g/mol. The van der Waals surface area contributed by atoms with Crippen molar-refractivity contribution in [2.75, 3.05) is 14.1 Å². The largest absolute Gasteiger partial charge is 0.289 e. The molecule has 0 bridgehead atoms. The molecule has 1 aromatic heterocycles. The van der Waals surface area contributed by atoms with Gasteiger partial charge in [-0.25, -0.2) is 9.65 Å². The number of hydrogen-bond acceptors (Lipinski definition) is 4. The van der Waals surface area contributed by atoms with Crippen LogP contribution < -0.4 is 5.56 Å². The Morgan fingerprint density at radius 2 is 2.19 bits per heavy atom. The van der Waals surface area contributed by atoms with E-state index in [0.717, 1.165) is 11.4 Å². The van der Waals surface area contributed by atoms with Crippen LogP contribution >= 0.6 is 17.9 Å². The maximum atomic E-state index is 12.6. The number of nitrogens with zero attached hydrogens (tertiary/aromatic N) is 3. The minimum absolute atomic E-state index is 0.151. The SMILES string of the molecule is CC1=Cn2c(nccc2=O)SP1(=O)N(C)C. The number of allylic oxidation sites excluding steroid dienone is 1. The predicted molar refractivity (Wildman–Crippen MR) is 65.6 cm³/mol. The first-order valence-corrected chi connectivity index (χ1v) is 7.77. The molecule has 0 saturated heterocycles. The van der Waals surface area contributed by atoms with Gasteiger partial charge < -0.3 is 0 Å². The fraction of sp³-hybridized carbons (Fsp3) is 0.333. The molecule has 0 N–H and O–H groups in total. The summed E-state index contributed by atoms with van der Waals surface area (Å²) in [6.45, 7) is -0.866. The van der Waals surface area contributed by atoms with E-state index in [0.29, 0.717) is 10.5 Å². The molecular formula is C9H12N3O2PS. The highest BCUT2D eigenvalue weighted by atomic mass is 32.7. The lowest BCUT2D eigenvalue weighted by Crippen LogP contribution is -2.21. The van der Waals surface area contributed by atoms with Gasteiger partial charge in [0.05, 0.1) is 0 Å². The van der Waals surface area contributed by atoms with Crippen molar-refractivity contribution >= 4 is 24.1 Å². The van der Waals surface area contributed by atoms with E-state index in [-0.39, 0.29) is 5.56 Å². The van der Waals surface area contributed by atoms with Crippen molar-refractivity contribution in [2.45, 2.75) is 12.1 Å². The summed E-state index contributed by atoms with van der Waals surface area (Å²) in [7, 11) is 3.53. The third kappa shape index (κ3) is 1.67. The molecule has 7 heteroatoms. The minimum atomic E-state index is -2.64. The second-order valence-electron chi connectivity index (χ2n) is 3.67. The first-order chi connectivity index (χ1) is 7.45. The van der Waals surface area contributed by atoms with Crippen molar-refractivity contribution in [1.29, 1.82) is 0 Å². The summed E-state index contributed by atoms with van der Waals surface area (Å²) in [6.07, 6.45) is 3.05. The molecule has 1 aliphatic heterocycles. The van der Waals surface area contributed by atoms with Crippen LogP contribution in [0.4, 0.5) is 0 Å². The highest BCUT2D eigenvalue weighted by Gasteiger charge is 2.34. The quantitative estimate of drug-likeness (QED) is 0.568. The predicted octanol–water partition coefficient (Wildman–Crippen LogP) is 1.92. The Balaban J connectivity index is 2.64. The molecule has 1 aromatic rings. The zero-order valence-corrected chi connectivity index (χ0v) is 11.0. The van der Waals surface area contributed by atoms with Gasteiger partial charge in [-0.3, -0.25) is 13.9 Å². The van der Waals surface area contributed by atoms with Crippen LogP contribution in [0.15, 0.2) is 27.5 Å². The molecule has 0 fully saturated rings. The molecule has 2 heterocycles. The second kappa shape index (κ2) is 3.87. The molecule has 1 atom stereocenters. The van der Waals surface area contributed by atoms with Gasteiger partial charge in [-0.2, -0.15) is 0 Å². The normalized spacial score (nSPS) is 24.1. The van der Waals surface area contributed by atoms with Crippen LogP contribution in [0.2, 0.25) is 0 Å². The summed E-state index contributed by atoms with van der Waals surface area (Å²) in [5.41, 5.74) is -0.151. The van der Waals surface area contributed by atoms with Crippen LogP contribution in [-0.4, -0.2) is 28.3 Å². The molecule has 0 saturated carbocycles. The van der Waals surface area contributed by atoms with E-state index >= 15 is 0 Å². The molecule has 0 aromatic carbocycles. The van der Waals surface area contributed by atoms with Crippen LogP contribution in [0.5, 0.6) is 0 Å². The van der Waals surface area contributed by atoms with Crippen LogP contribution in [0.3, 0.4) is 0 Å². The van der Waals surface area contributed by atoms with Crippen LogP contribution in [0.25, 0.3) is 6.20 Å². The third-order valence-electron chi connectivity index (χ3n) is 2.34. The summed E-state index contributed by atoms with van der Waals surface area (Å²) in [6, 6.07) is 1.39. The molecule has 0 radical (unpaired) electrons. The lowest BCUT2D eigenvalue weighted by Gasteiger charge is -2.28. The number of rotatable bonds is 1. The molecule has 0 amide bonds. The van der Waals surface area contributed by atoms with Crippen LogP contribution in [-0.2, 0) is 4.57 Å². The van der Waals surface area contributed by atoms with E-state index in [1.807, 2.05) is 0 Å². The smallest absolute Gasteiger partial charge is 0.258 e. The molecule has 16 heavy (non-hydrogen) atoms. The highest BCUT2D eigenvalue weighted by Crippen LogP contribution is 2.69. The van der Waals surface area contributed by atoms with E-state index in [1.165, 1.54) is 16.8 Å². The fourth-order valence-corrected chi connectivity index (χ4v) is 5.32. The lowest BCUT2D eigenvalue weighted by molar-refractivity contribution is 0.535. The topological polar surface area (TPSA) is 55.2 Å². The van der Waals surface area contributed by atoms with Gasteiger partial charge in [-0.1, -0.05) is 0 Å². The molecule has 1 aliphatic rings. The Morgan fingerprint density at radius 1 is 1.50 bits per heavy atom. The van der Waals surface area contributed by atoms with Gasteiger partial charge in [-0.15, -0.1) is 0 Å². The van der Waals surface area contributed by atoms with Crippen molar-refractivity contribution < 1.29 is 4.57 Å². The van der Waals surface area contributed by atoms with Gasteiger partial charge in [0.15, 0.2) is 5.16 Å². The number of fused-ring (bicyclic) bond motifs is 1. The van der Waals surface area contributed by atoms with Gasteiger partial charge in [0, 0.05) is 23.8 Å². The van der Waals surface area contributed by atoms with Gasteiger partial charge >= 0.3 is 0 Å². The van der Waals surface area contributed by atoms with Crippen LogP contribution in [0.1, 0.15) is 6.92 Å². The zero-order valence-electron chi connectivity index (χ0n) is 9.25. The third-order valence-corrected chi connectivity index (χ3v) is 8.19. The van der Waals surface area contributed by atoms with E-state index in [4.69, 9.17) is 0 Å². The Morgan fingerprint density at radius 3 is 2.81 bits per heavy atom. The van der Waals surface area contributed by atoms with E-state index in [1.54, 1.807) is 31.9 Å². The molecular weight excluding hydrogens is 245 g/mol. The highest BCUT2D eigenvalue weighted by molar-refractivity contribution is 8.58. The molecule has 2 rings (SSSR count). The van der Waals surface area contributed by atoms with Crippen molar-refractivity contribution in [2.24, 2.45) is 0 Å². The van der Waals surface area contributed by atoms with E-state index < -0.39 is 6.49 Å². The number of hydrogen-bond donors (Lipinski definition) is 0. The molecule has 86 valence electrons. The van der Waals surface area contributed by atoms with Gasteiger partial charge in [0.25, 0.3) is 5.56 Å². The summed E-state index contributed by atoms with van der Waals surface area (Å²) in [5.74, 6) is 0. The van der Waals surface area contributed by atoms with Crippen molar-refractivity contribution in [3.8, 4) is 0 Å². The standard InChI is InChI=1S/C9H12N3O2PS/c1-7-6-12-8(13)4-5-10-9(12)16-15(7,14)11(2)3/h4-6H,1-3H3. The molecule has 0 spiro atoms. The lowest BCUT2D eigenvalue weighted by atomic mass is 10.6. The fourth-order valence-electron chi connectivity index (χ4n) is 1.43. The Labute approximate surface area is 97.3 Å². The maximum absolute atomic E-state index is 12.6. The van der Waals surface area contributed by atoms with Gasteiger partial charge in [0.1, 0.15) is 0 Å². The first-order valence-electron chi connectivity index (χ1n) is 4.69. The van der Waals surface area contributed by atoms with E-state index in [9.17, 15) is 9.36 Å². The van der Waals surface area contributed by atoms with Gasteiger partial charge in [-0.05, 0) is 32.4 Å². The van der Waals surface area contributed by atoms with Crippen molar-refractivity contribution in [1.82, 2.24) is 14.2 Å². The maximum Gasteiger partial charge on any atom is 0.258 e.